The van der Waals surface area contributed by atoms with Crippen LogP contribution in [0, 0.1) is 12.3 Å². The molecular weight excluding hydrogens is 256 g/mol. The van der Waals surface area contributed by atoms with E-state index in [2.05, 4.69) is 5.32 Å². The third-order valence-corrected chi connectivity index (χ3v) is 4.19. The zero-order valence-electron chi connectivity index (χ0n) is 11.3. The zero-order chi connectivity index (χ0) is 14.3. The highest BCUT2D eigenvalue weighted by atomic mass is 16.2. The number of rotatable bonds is 1. The molecule has 1 spiro atoms. The van der Waals surface area contributed by atoms with Gasteiger partial charge in [0.15, 0.2) is 0 Å². The van der Waals surface area contributed by atoms with E-state index in [0.29, 0.717) is 18.5 Å². The Balaban J connectivity index is 2.04. The average Bonchev–Trinajstić information content (AvgIpc) is 2.87. The molecule has 104 valence electrons. The molecular formula is C15H16N2O3. The number of imide groups is 2. The molecule has 0 atom stereocenters. The summed E-state index contributed by atoms with van der Waals surface area (Å²) in [6.07, 6.45) is 2.73. The molecule has 1 aliphatic carbocycles. The van der Waals surface area contributed by atoms with Gasteiger partial charge in [-0.15, -0.1) is 0 Å². The van der Waals surface area contributed by atoms with E-state index < -0.39 is 17.4 Å². The molecule has 0 radical (unpaired) electrons. The summed E-state index contributed by atoms with van der Waals surface area (Å²) in [5.74, 6) is -0.816. The van der Waals surface area contributed by atoms with Crippen molar-refractivity contribution in [2.75, 3.05) is 4.90 Å². The zero-order valence-corrected chi connectivity index (χ0v) is 11.3. The molecule has 5 nitrogen and oxygen atoms in total. The summed E-state index contributed by atoms with van der Waals surface area (Å²) in [5.41, 5.74) is 0.434. The predicted molar refractivity (Wildman–Crippen MR) is 73.1 cm³/mol. The number of nitrogens with zero attached hydrogens (tertiary/aromatic N) is 1. The number of amides is 4. The molecule has 1 saturated heterocycles. The molecule has 1 heterocycles. The second-order valence-electron chi connectivity index (χ2n) is 5.53. The van der Waals surface area contributed by atoms with Crippen LogP contribution in [0.2, 0.25) is 0 Å². The second-order valence-corrected chi connectivity index (χ2v) is 5.53. The van der Waals surface area contributed by atoms with Crippen molar-refractivity contribution in [3.05, 3.63) is 29.8 Å². The first-order valence-electron chi connectivity index (χ1n) is 6.81. The molecule has 2 fully saturated rings. The minimum absolute atomic E-state index is 0.380. The van der Waals surface area contributed by atoms with Gasteiger partial charge in [0.2, 0.25) is 5.91 Å². The van der Waals surface area contributed by atoms with Gasteiger partial charge < -0.3 is 0 Å². The predicted octanol–water partition coefficient (Wildman–Crippen LogP) is 2.14. The topological polar surface area (TPSA) is 66.5 Å². The van der Waals surface area contributed by atoms with E-state index in [0.717, 1.165) is 23.3 Å². The lowest BCUT2D eigenvalue weighted by molar-refractivity contribution is -0.142. The minimum atomic E-state index is -1.04. The Labute approximate surface area is 116 Å². The molecule has 4 amide bonds. The standard InChI is InChI=1S/C15H16N2O3/c1-10-5-4-6-11(9-10)17-13(19)15(7-2-3-8-15)12(18)16-14(17)20/h4-6,9H,2-3,7-8H2,1H3,(H,16,18,20). The van der Waals surface area contributed by atoms with Crippen molar-refractivity contribution < 1.29 is 14.4 Å². The number of carbonyl (C=O) groups is 3. The monoisotopic (exact) mass is 272 g/mol. The van der Waals surface area contributed by atoms with Gasteiger partial charge in [0, 0.05) is 0 Å². The lowest BCUT2D eigenvalue weighted by atomic mass is 9.82. The van der Waals surface area contributed by atoms with E-state index >= 15 is 0 Å². The highest BCUT2D eigenvalue weighted by Gasteiger charge is 2.55. The fourth-order valence-corrected chi connectivity index (χ4v) is 3.10. The van der Waals surface area contributed by atoms with Gasteiger partial charge in [-0.25, -0.2) is 9.69 Å². The Morgan fingerprint density at radius 3 is 2.50 bits per heavy atom. The number of urea groups is 1. The molecule has 0 aromatic heterocycles. The van der Waals surface area contributed by atoms with E-state index in [1.165, 1.54) is 0 Å². The van der Waals surface area contributed by atoms with Crippen molar-refractivity contribution in [3.8, 4) is 0 Å². The van der Waals surface area contributed by atoms with Crippen LogP contribution in [0.15, 0.2) is 24.3 Å². The van der Waals surface area contributed by atoms with Crippen molar-refractivity contribution in [2.24, 2.45) is 5.41 Å². The fraction of sp³-hybridized carbons (Fsp3) is 0.400. The summed E-state index contributed by atoms with van der Waals surface area (Å²) < 4.78 is 0. The van der Waals surface area contributed by atoms with Crippen LogP contribution in [0.25, 0.3) is 0 Å². The summed E-state index contributed by atoms with van der Waals surface area (Å²) in [6.45, 7) is 1.90. The van der Waals surface area contributed by atoms with Crippen molar-refractivity contribution in [3.63, 3.8) is 0 Å². The molecule has 2 aliphatic rings. The number of hydrogen-bond donors (Lipinski definition) is 1. The van der Waals surface area contributed by atoms with Gasteiger partial charge in [-0.2, -0.15) is 0 Å². The molecule has 1 aromatic carbocycles. The number of nitrogens with one attached hydrogen (secondary N) is 1. The number of hydrogen-bond acceptors (Lipinski definition) is 3. The smallest absolute Gasteiger partial charge is 0.276 e. The first kappa shape index (κ1) is 12.8. The first-order valence-corrected chi connectivity index (χ1v) is 6.81. The maximum atomic E-state index is 12.7. The normalized spacial score (nSPS) is 21.4. The Kier molecular flexibility index (Phi) is 2.85. The Bertz CT molecular complexity index is 603. The largest absolute Gasteiger partial charge is 0.335 e. The quantitative estimate of drug-likeness (QED) is 0.796. The van der Waals surface area contributed by atoms with Crippen LogP contribution in [0.4, 0.5) is 10.5 Å². The van der Waals surface area contributed by atoms with Crippen LogP contribution in [0.5, 0.6) is 0 Å². The summed E-state index contributed by atoms with van der Waals surface area (Å²) in [7, 11) is 0. The Hall–Kier alpha value is -2.17. The van der Waals surface area contributed by atoms with E-state index in [1.54, 1.807) is 18.2 Å². The van der Waals surface area contributed by atoms with Crippen molar-refractivity contribution in [1.82, 2.24) is 5.32 Å². The van der Waals surface area contributed by atoms with Gasteiger partial charge in [0.1, 0.15) is 5.41 Å². The highest BCUT2D eigenvalue weighted by Crippen LogP contribution is 2.42. The lowest BCUT2D eigenvalue weighted by Gasteiger charge is -2.36. The van der Waals surface area contributed by atoms with Gasteiger partial charge in [-0.1, -0.05) is 25.0 Å². The van der Waals surface area contributed by atoms with Gasteiger partial charge in [0.05, 0.1) is 5.69 Å². The minimum Gasteiger partial charge on any atom is -0.276 e. The van der Waals surface area contributed by atoms with Gasteiger partial charge in [0.25, 0.3) is 5.91 Å². The Morgan fingerprint density at radius 2 is 1.85 bits per heavy atom. The Morgan fingerprint density at radius 1 is 1.15 bits per heavy atom. The van der Waals surface area contributed by atoms with Crippen LogP contribution in [-0.2, 0) is 9.59 Å². The van der Waals surface area contributed by atoms with Gasteiger partial charge in [-0.05, 0) is 37.5 Å². The first-order chi connectivity index (χ1) is 9.54. The third-order valence-electron chi connectivity index (χ3n) is 4.19. The van der Waals surface area contributed by atoms with Crippen molar-refractivity contribution >= 4 is 23.5 Å². The fourth-order valence-electron chi connectivity index (χ4n) is 3.10. The van der Waals surface area contributed by atoms with Crippen molar-refractivity contribution in [2.45, 2.75) is 32.6 Å². The van der Waals surface area contributed by atoms with Crippen LogP contribution in [0.3, 0.4) is 0 Å². The molecule has 1 aliphatic heterocycles. The summed E-state index contributed by atoms with van der Waals surface area (Å²) in [5, 5.41) is 2.34. The van der Waals surface area contributed by atoms with E-state index in [4.69, 9.17) is 0 Å². The molecule has 3 rings (SSSR count). The molecule has 1 N–H and O–H groups in total. The maximum absolute atomic E-state index is 12.7. The van der Waals surface area contributed by atoms with Crippen LogP contribution in [0.1, 0.15) is 31.2 Å². The molecule has 20 heavy (non-hydrogen) atoms. The number of benzene rings is 1. The van der Waals surface area contributed by atoms with E-state index in [9.17, 15) is 14.4 Å². The summed E-state index contributed by atoms with van der Waals surface area (Å²) >= 11 is 0. The average molecular weight is 272 g/mol. The number of aryl methyl sites for hydroxylation is 1. The SMILES string of the molecule is Cc1cccc(N2C(=O)NC(=O)C3(CCCC3)C2=O)c1. The van der Waals surface area contributed by atoms with Crippen molar-refractivity contribution in [1.29, 1.82) is 0 Å². The molecule has 0 bridgehead atoms. The van der Waals surface area contributed by atoms with Crippen LogP contribution < -0.4 is 10.2 Å². The lowest BCUT2D eigenvalue weighted by Crippen LogP contribution is -2.63. The second kappa shape index (κ2) is 4.44. The van der Waals surface area contributed by atoms with Crippen LogP contribution in [-0.4, -0.2) is 17.8 Å². The van der Waals surface area contributed by atoms with Gasteiger partial charge in [-0.3, -0.25) is 14.9 Å². The van der Waals surface area contributed by atoms with Crippen LogP contribution >= 0.6 is 0 Å². The molecule has 0 unspecified atom stereocenters. The van der Waals surface area contributed by atoms with Gasteiger partial charge >= 0.3 is 6.03 Å². The number of carbonyl (C=O) groups excluding carboxylic acids is 3. The summed E-state index contributed by atoms with van der Waals surface area (Å²) in [4.78, 5) is 38.0. The van der Waals surface area contributed by atoms with E-state index in [-0.39, 0.29) is 5.91 Å². The third kappa shape index (κ3) is 1.73. The molecule has 1 aromatic rings. The van der Waals surface area contributed by atoms with E-state index in [1.807, 2.05) is 13.0 Å². The molecule has 1 saturated carbocycles. The maximum Gasteiger partial charge on any atom is 0.335 e. The number of anilines is 1. The summed E-state index contributed by atoms with van der Waals surface area (Å²) in [6, 6.07) is 6.52. The molecule has 5 heteroatoms. The highest BCUT2D eigenvalue weighted by molar-refractivity contribution is 6.30. The number of barbiturate groups is 1.